The molecule has 0 bridgehead atoms. The number of fused-ring (bicyclic) bond motifs is 1. The van der Waals surface area contributed by atoms with Gasteiger partial charge in [0.2, 0.25) is 0 Å². The van der Waals surface area contributed by atoms with E-state index in [9.17, 15) is 0 Å². The van der Waals surface area contributed by atoms with Gasteiger partial charge in [-0.3, -0.25) is 0 Å². The largest absolute Gasteiger partial charge is 0.374 e. The quantitative estimate of drug-likeness (QED) is 0.573. The molecular weight excluding hydrogens is 436 g/mol. The number of ether oxygens (including phenoxy) is 7. The van der Waals surface area contributed by atoms with Gasteiger partial charge in [-0.1, -0.05) is 60.7 Å². The van der Waals surface area contributed by atoms with E-state index in [4.69, 9.17) is 33.2 Å². The molecule has 7 nitrogen and oxygen atoms in total. The van der Waals surface area contributed by atoms with Crippen molar-refractivity contribution in [2.45, 2.75) is 82.7 Å². The molecule has 0 aliphatic carbocycles. The van der Waals surface area contributed by atoms with Crippen LogP contribution in [0.25, 0.3) is 0 Å². The van der Waals surface area contributed by atoms with Gasteiger partial charge in [0.1, 0.15) is 18.3 Å². The SMILES string of the molecule is CC1(C)O[C@H]2O[C@@](COCc3ccccc3)([C@@H]3COC(C)(C)O3)[C@@H](OCc3ccccc3)[C@H]2O1. The van der Waals surface area contributed by atoms with Gasteiger partial charge in [0, 0.05) is 0 Å². The minimum absolute atomic E-state index is 0.242. The average molecular weight is 471 g/mol. The van der Waals surface area contributed by atoms with Gasteiger partial charge >= 0.3 is 0 Å². The third-order valence-electron chi connectivity index (χ3n) is 6.47. The number of hydrogen-bond acceptors (Lipinski definition) is 7. The van der Waals surface area contributed by atoms with Gasteiger partial charge in [-0.15, -0.1) is 0 Å². The minimum Gasteiger partial charge on any atom is -0.374 e. The first-order chi connectivity index (χ1) is 16.3. The molecule has 0 radical (unpaired) electrons. The van der Waals surface area contributed by atoms with Crippen LogP contribution in [0.4, 0.5) is 0 Å². The third kappa shape index (κ3) is 4.93. The summed E-state index contributed by atoms with van der Waals surface area (Å²) in [5.74, 6) is -1.50. The Morgan fingerprint density at radius 3 is 2.03 bits per heavy atom. The summed E-state index contributed by atoms with van der Waals surface area (Å²) in [6, 6.07) is 20.1. The van der Waals surface area contributed by atoms with Crippen LogP contribution in [0.15, 0.2) is 60.7 Å². The third-order valence-corrected chi connectivity index (χ3v) is 6.47. The van der Waals surface area contributed by atoms with E-state index in [1.54, 1.807) is 0 Å². The maximum absolute atomic E-state index is 6.62. The first-order valence-corrected chi connectivity index (χ1v) is 11.9. The van der Waals surface area contributed by atoms with Crippen LogP contribution in [-0.2, 0) is 46.4 Å². The molecule has 5 rings (SSSR count). The van der Waals surface area contributed by atoms with Gasteiger partial charge in [-0.2, -0.15) is 0 Å². The average Bonchev–Trinajstić information content (AvgIpc) is 3.41. The van der Waals surface area contributed by atoms with Crippen LogP contribution in [-0.4, -0.2) is 55.0 Å². The van der Waals surface area contributed by atoms with Gasteiger partial charge < -0.3 is 33.2 Å². The molecule has 0 saturated carbocycles. The lowest BCUT2D eigenvalue weighted by molar-refractivity contribution is -0.281. The standard InChI is InChI=1S/C27H34O7/c1-25(2)30-17-21(31-25)27(18-28-15-19-11-7-5-8-12-19)23(29-16-20-13-9-6-10-14-20)22-24(34-27)33-26(3,4)32-22/h5-14,21-24H,15-18H2,1-4H3/t21-,22+,23-,24-,27-/m0/s1. The van der Waals surface area contributed by atoms with Crippen LogP contribution >= 0.6 is 0 Å². The lowest BCUT2D eigenvalue weighted by Gasteiger charge is -2.40. The first kappa shape index (κ1) is 23.9. The number of hydrogen-bond donors (Lipinski definition) is 0. The van der Waals surface area contributed by atoms with E-state index in [0.717, 1.165) is 11.1 Å². The summed E-state index contributed by atoms with van der Waals surface area (Å²) in [6.45, 7) is 9.01. The zero-order valence-corrected chi connectivity index (χ0v) is 20.3. The monoisotopic (exact) mass is 470 g/mol. The van der Waals surface area contributed by atoms with Crippen molar-refractivity contribution < 1.29 is 33.2 Å². The van der Waals surface area contributed by atoms with E-state index in [0.29, 0.717) is 19.8 Å². The van der Waals surface area contributed by atoms with Crippen molar-refractivity contribution in [1.29, 1.82) is 0 Å². The van der Waals surface area contributed by atoms with Crippen molar-refractivity contribution in [2.24, 2.45) is 0 Å². The summed E-state index contributed by atoms with van der Waals surface area (Å²) >= 11 is 0. The molecule has 3 heterocycles. The highest BCUT2D eigenvalue weighted by Crippen LogP contribution is 2.48. The second kappa shape index (κ2) is 9.32. The highest BCUT2D eigenvalue weighted by atomic mass is 16.9. The topological polar surface area (TPSA) is 64.6 Å². The van der Waals surface area contributed by atoms with Gasteiger partial charge in [-0.25, -0.2) is 0 Å². The van der Waals surface area contributed by atoms with Crippen LogP contribution in [0.2, 0.25) is 0 Å². The maximum Gasteiger partial charge on any atom is 0.190 e. The highest BCUT2D eigenvalue weighted by Gasteiger charge is 2.67. The molecule has 0 aromatic heterocycles. The van der Waals surface area contributed by atoms with Gasteiger partial charge in [-0.05, 0) is 38.8 Å². The van der Waals surface area contributed by atoms with Crippen LogP contribution < -0.4 is 0 Å². The molecular formula is C27H34O7. The zero-order chi connectivity index (χ0) is 23.8. The van der Waals surface area contributed by atoms with Gasteiger partial charge in [0.15, 0.2) is 23.5 Å². The minimum atomic E-state index is -0.969. The molecule has 34 heavy (non-hydrogen) atoms. The smallest absolute Gasteiger partial charge is 0.190 e. The van der Waals surface area contributed by atoms with Gasteiger partial charge in [0.05, 0.1) is 26.4 Å². The second-order valence-electron chi connectivity index (χ2n) is 10.1. The molecule has 0 N–H and O–H groups in total. The van der Waals surface area contributed by atoms with Crippen molar-refractivity contribution in [3.63, 3.8) is 0 Å². The molecule has 3 aliphatic heterocycles. The summed E-state index contributed by atoms with van der Waals surface area (Å²) in [4.78, 5) is 0. The van der Waals surface area contributed by atoms with Gasteiger partial charge in [0.25, 0.3) is 0 Å². The Hall–Kier alpha value is -1.84. The Labute approximate surface area is 201 Å². The Morgan fingerprint density at radius 2 is 1.41 bits per heavy atom. The molecule has 5 atom stereocenters. The summed E-state index contributed by atoms with van der Waals surface area (Å²) in [6.07, 6.45) is -1.92. The molecule has 0 spiro atoms. The van der Waals surface area contributed by atoms with Crippen molar-refractivity contribution in [2.75, 3.05) is 13.2 Å². The van der Waals surface area contributed by atoms with E-state index in [1.807, 2.05) is 88.4 Å². The lowest BCUT2D eigenvalue weighted by Crippen LogP contribution is -2.58. The van der Waals surface area contributed by atoms with Crippen molar-refractivity contribution in [3.8, 4) is 0 Å². The van der Waals surface area contributed by atoms with E-state index >= 15 is 0 Å². The van der Waals surface area contributed by atoms with Crippen LogP contribution in [0.1, 0.15) is 38.8 Å². The van der Waals surface area contributed by atoms with Crippen molar-refractivity contribution in [3.05, 3.63) is 71.8 Å². The molecule has 0 amide bonds. The molecule has 184 valence electrons. The predicted molar refractivity (Wildman–Crippen MR) is 124 cm³/mol. The molecule has 7 heteroatoms. The fourth-order valence-electron chi connectivity index (χ4n) is 4.91. The Bertz CT molecular complexity index is 948. The predicted octanol–water partition coefficient (Wildman–Crippen LogP) is 4.19. The normalized spacial score (nSPS) is 33.8. The van der Waals surface area contributed by atoms with E-state index in [2.05, 4.69) is 0 Å². The lowest BCUT2D eigenvalue weighted by atomic mass is 9.89. The van der Waals surface area contributed by atoms with Crippen molar-refractivity contribution in [1.82, 2.24) is 0 Å². The van der Waals surface area contributed by atoms with E-state index < -0.39 is 41.8 Å². The summed E-state index contributed by atoms with van der Waals surface area (Å²) in [5.41, 5.74) is 1.17. The second-order valence-corrected chi connectivity index (χ2v) is 10.1. The Balaban J connectivity index is 1.42. The first-order valence-electron chi connectivity index (χ1n) is 11.9. The Kier molecular flexibility index (Phi) is 6.54. The molecule has 3 fully saturated rings. The van der Waals surface area contributed by atoms with Crippen LogP contribution in [0, 0.1) is 0 Å². The molecule has 3 aliphatic rings. The fourth-order valence-corrected chi connectivity index (χ4v) is 4.91. The van der Waals surface area contributed by atoms with Crippen molar-refractivity contribution >= 4 is 0 Å². The summed E-state index contributed by atoms with van der Waals surface area (Å²) in [7, 11) is 0. The Morgan fingerprint density at radius 1 is 0.765 bits per heavy atom. The highest BCUT2D eigenvalue weighted by molar-refractivity contribution is 5.16. The molecule has 3 saturated heterocycles. The fraction of sp³-hybridized carbons (Fsp3) is 0.556. The summed E-state index contributed by atoms with van der Waals surface area (Å²) in [5, 5.41) is 0. The van der Waals surface area contributed by atoms with E-state index in [1.165, 1.54) is 0 Å². The molecule has 2 aromatic rings. The van der Waals surface area contributed by atoms with E-state index in [-0.39, 0.29) is 6.61 Å². The number of rotatable bonds is 8. The zero-order valence-electron chi connectivity index (χ0n) is 20.3. The number of benzene rings is 2. The summed E-state index contributed by atoms with van der Waals surface area (Å²) < 4.78 is 44.1. The van der Waals surface area contributed by atoms with Crippen LogP contribution in [0.5, 0.6) is 0 Å². The maximum atomic E-state index is 6.62. The molecule has 2 aromatic carbocycles. The van der Waals surface area contributed by atoms with Crippen LogP contribution in [0.3, 0.4) is 0 Å². The molecule has 0 unspecified atom stereocenters.